The van der Waals surface area contributed by atoms with Crippen LogP contribution in [0.1, 0.15) is 26.2 Å². The van der Waals surface area contributed by atoms with Crippen LogP contribution >= 0.6 is 0 Å². The van der Waals surface area contributed by atoms with Crippen LogP contribution in [0.4, 0.5) is 0 Å². The minimum absolute atomic E-state index is 0.0187. The Morgan fingerprint density at radius 3 is 2.82 bits per heavy atom. The number of carbonyl (C=O) groups is 1. The molecule has 1 rings (SSSR count). The monoisotopic (exact) mass is 239 g/mol. The highest BCUT2D eigenvalue weighted by atomic mass is 16.5. The summed E-state index contributed by atoms with van der Waals surface area (Å²) in [5, 5.41) is 14.7. The molecule has 0 heterocycles. The summed E-state index contributed by atoms with van der Waals surface area (Å²) in [5.74, 6) is -0.0187. The Hall–Kier alpha value is -1.12. The first kappa shape index (κ1) is 13.9. The fourth-order valence-electron chi connectivity index (χ4n) is 1.65. The molecule has 0 aliphatic heterocycles. The zero-order valence-electron chi connectivity index (χ0n) is 10.6. The van der Waals surface area contributed by atoms with Crippen LogP contribution in [0, 0.1) is 16.7 Å². The van der Waals surface area contributed by atoms with Crippen molar-refractivity contribution in [1.29, 1.82) is 5.26 Å². The van der Waals surface area contributed by atoms with E-state index in [1.807, 2.05) is 6.92 Å². The number of hydrogen-bond donors (Lipinski definition) is 2. The maximum atomic E-state index is 11.6. The van der Waals surface area contributed by atoms with Crippen molar-refractivity contribution in [2.45, 2.75) is 32.2 Å². The van der Waals surface area contributed by atoms with Crippen LogP contribution in [0.15, 0.2) is 0 Å². The summed E-state index contributed by atoms with van der Waals surface area (Å²) in [6, 6.07) is 1.99. The van der Waals surface area contributed by atoms with Gasteiger partial charge in [-0.15, -0.1) is 0 Å². The molecule has 0 aromatic carbocycles. The Labute approximate surface area is 103 Å². The lowest BCUT2D eigenvalue weighted by Crippen LogP contribution is -2.44. The number of amides is 1. The second-order valence-electron chi connectivity index (χ2n) is 4.72. The molecule has 1 saturated carbocycles. The van der Waals surface area contributed by atoms with Gasteiger partial charge in [0.2, 0.25) is 5.91 Å². The van der Waals surface area contributed by atoms with E-state index in [-0.39, 0.29) is 17.4 Å². The number of carbonyl (C=O) groups excluding carboxylic acids is 1. The highest BCUT2D eigenvalue weighted by Crippen LogP contribution is 2.47. The van der Waals surface area contributed by atoms with Gasteiger partial charge in [0.15, 0.2) is 0 Å². The predicted molar refractivity (Wildman–Crippen MR) is 64.2 cm³/mol. The molecule has 5 heteroatoms. The number of methoxy groups -OCH3 is 1. The Kier molecular flexibility index (Phi) is 5.39. The molecule has 1 unspecified atom stereocenters. The van der Waals surface area contributed by atoms with Crippen molar-refractivity contribution >= 4 is 5.91 Å². The fourth-order valence-corrected chi connectivity index (χ4v) is 1.65. The first-order valence-corrected chi connectivity index (χ1v) is 6.00. The standard InChI is InChI=1S/C12H21N3O2/c1-10(11(16)14-7-8-17-2)15-9-12(3-4-12)5-6-13/h10,15H,3-5,7-9H2,1-2H3,(H,14,16). The van der Waals surface area contributed by atoms with Crippen LogP contribution in [0.2, 0.25) is 0 Å². The molecule has 0 saturated heterocycles. The third-order valence-corrected chi connectivity index (χ3v) is 3.19. The second-order valence-corrected chi connectivity index (χ2v) is 4.72. The van der Waals surface area contributed by atoms with Crippen LogP contribution in [0.25, 0.3) is 0 Å². The molecule has 1 aliphatic carbocycles. The van der Waals surface area contributed by atoms with E-state index in [9.17, 15) is 4.79 Å². The molecule has 17 heavy (non-hydrogen) atoms. The van der Waals surface area contributed by atoms with Gasteiger partial charge in [0.1, 0.15) is 0 Å². The Morgan fingerprint density at radius 1 is 1.59 bits per heavy atom. The molecule has 1 amide bonds. The van der Waals surface area contributed by atoms with Gasteiger partial charge in [-0.05, 0) is 25.2 Å². The highest BCUT2D eigenvalue weighted by Gasteiger charge is 2.42. The van der Waals surface area contributed by atoms with Gasteiger partial charge >= 0.3 is 0 Å². The summed E-state index contributed by atoms with van der Waals surface area (Å²) < 4.78 is 4.86. The molecule has 1 fully saturated rings. The zero-order chi connectivity index (χ0) is 12.7. The first-order valence-electron chi connectivity index (χ1n) is 6.00. The Bertz CT molecular complexity index is 295. The van der Waals surface area contributed by atoms with Crippen LogP contribution in [-0.4, -0.2) is 38.8 Å². The number of hydrogen-bond acceptors (Lipinski definition) is 4. The third kappa shape index (κ3) is 4.72. The van der Waals surface area contributed by atoms with Crippen molar-refractivity contribution in [2.75, 3.05) is 26.8 Å². The van der Waals surface area contributed by atoms with E-state index >= 15 is 0 Å². The van der Waals surface area contributed by atoms with Crippen molar-refractivity contribution in [3.8, 4) is 6.07 Å². The minimum atomic E-state index is -0.219. The molecule has 1 atom stereocenters. The van der Waals surface area contributed by atoms with Gasteiger partial charge in [0.25, 0.3) is 0 Å². The van der Waals surface area contributed by atoms with Gasteiger partial charge in [0.05, 0.1) is 18.7 Å². The molecule has 0 spiro atoms. The molecular formula is C12H21N3O2. The largest absolute Gasteiger partial charge is 0.383 e. The van der Waals surface area contributed by atoms with Crippen molar-refractivity contribution in [2.24, 2.45) is 5.41 Å². The quantitative estimate of drug-likeness (QED) is 0.602. The zero-order valence-corrected chi connectivity index (χ0v) is 10.6. The van der Waals surface area contributed by atoms with Crippen molar-refractivity contribution in [1.82, 2.24) is 10.6 Å². The van der Waals surface area contributed by atoms with Crippen LogP contribution in [-0.2, 0) is 9.53 Å². The molecule has 0 bridgehead atoms. The van der Waals surface area contributed by atoms with Crippen molar-refractivity contribution in [3.05, 3.63) is 0 Å². The van der Waals surface area contributed by atoms with E-state index < -0.39 is 0 Å². The topological polar surface area (TPSA) is 74.2 Å². The lowest BCUT2D eigenvalue weighted by molar-refractivity contribution is -0.123. The van der Waals surface area contributed by atoms with E-state index in [0.717, 1.165) is 19.4 Å². The molecule has 0 radical (unpaired) electrons. The SMILES string of the molecule is COCCNC(=O)C(C)NCC1(CC#N)CC1. The molecular weight excluding hydrogens is 218 g/mol. The third-order valence-electron chi connectivity index (χ3n) is 3.19. The van der Waals surface area contributed by atoms with Crippen LogP contribution in [0.3, 0.4) is 0 Å². The summed E-state index contributed by atoms with van der Waals surface area (Å²) in [5.41, 5.74) is 0.135. The average Bonchev–Trinajstić information content (AvgIpc) is 3.07. The predicted octanol–water partition coefficient (Wildman–Crippen LogP) is 0.421. The van der Waals surface area contributed by atoms with Gasteiger partial charge in [-0.25, -0.2) is 0 Å². The molecule has 1 aliphatic rings. The number of nitrogens with zero attached hydrogens (tertiary/aromatic N) is 1. The molecule has 96 valence electrons. The number of nitrogens with one attached hydrogen (secondary N) is 2. The first-order chi connectivity index (χ1) is 8.13. The number of rotatable bonds is 8. The summed E-state index contributed by atoms with van der Waals surface area (Å²) in [6.07, 6.45) is 2.76. The molecule has 2 N–H and O–H groups in total. The Balaban J connectivity index is 2.18. The van der Waals surface area contributed by atoms with E-state index in [0.29, 0.717) is 19.6 Å². The molecule has 0 aromatic rings. The maximum absolute atomic E-state index is 11.6. The summed E-state index contributed by atoms with van der Waals surface area (Å²) >= 11 is 0. The van der Waals surface area contributed by atoms with E-state index in [1.54, 1.807) is 7.11 Å². The van der Waals surface area contributed by atoms with Crippen LogP contribution < -0.4 is 10.6 Å². The Morgan fingerprint density at radius 2 is 2.29 bits per heavy atom. The lowest BCUT2D eigenvalue weighted by atomic mass is 10.0. The highest BCUT2D eigenvalue weighted by molar-refractivity contribution is 5.81. The van der Waals surface area contributed by atoms with E-state index in [2.05, 4.69) is 16.7 Å². The van der Waals surface area contributed by atoms with Crippen molar-refractivity contribution < 1.29 is 9.53 Å². The average molecular weight is 239 g/mol. The summed E-state index contributed by atoms with van der Waals surface area (Å²) in [4.78, 5) is 11.6. The van der Waals surface area contributed by atoms with Gasteiger partial charge in [0, 0.05) is 26.6 Å². The number of ether oxygens (including phenoxy) is 1. The van der Waals surface area contributed by atoms with Gasteiger partial charge in [-0.1, -0.05) is 0 Å². The minimum Gasteiger partial charge on any atom is -0.383 e. The van der Waals surface area contributed by atoms with Crippen LogP contribution in [0.5, 0.6) is 0 Å². The maximum Gasteiger partial charge on any atom is 0.236 e. The normalized spacial score (nSPS) is 18.2. The van der Waals surface area contributed by atoms with Gasteiger partial charge in [-0.2, -0.15) is 5.26 Å². The van der Waals surface area contributed by atoms with E-state index in [1.165, 1.54) is 0 Å². The molecule has 0 aromatic heterocycles. The number of nitriles is 1. The lowest BCUT2D eigenvalue weighted by Gasteiger charge is -2.17. The van der Waals surface area contributed by atoms with Crippen molar-refractivity contribution in [3.63, 3.8) is 0 Å². The van der Waals surface area contributed by atoms with Gasteiger partial charge in [-0.3, -0.25) is 4.79 Å². The summed E-state index contributed by atoms with van der Waals surface area (Å²) in [7, 11) is 1.60. The van der Waals surface area contributed by atoms with E-state index in [4.69, 9.17) is 10.00 Å². The summed E-state index contributed by atoms with van der Waals surface area (Å²) in [6.45, 7) is 3.64. The van der Waals surface area contributed by atoms with Gasteiger partial charge < -0.3 is 15.4 Å². The fraction of sp³-hybridized carbons (Fsp3) is 0.833. The smallest absolute Gasteiger partial charge is 0.236 e. The molecule has 5 nitrogen and oxygen atoms in total. The second kappa shape index (κ2) is 6.58.